The smallest absolute Gasteiger partial charge is 0.0704 e. The maximum Gasteiger partial charge on any atom is 0.0704 e. The molecule has 96 valence electrons. The third-order valence-corrected chi connectivity index (χ3v) is 4.07. The Kier molecular flexibility index (Phi) is 3.67. The number of benzene rings is 1. The molecule has 0 aliphatic rings. The van der Waals surface area contributed by atoms with Crippen molar-refractivity contribution in [3.05, 3.63) is 42.1 Å². The highest BCUT2D eigenvalue weighted by Crippen LogP contribution is 2.26. The highest BCUT2D eigenvalue weighted by Gasteiger charge is 2.27. The molecule has 0 bridgehead atoms. The number of para-hydroxylation sites is 1. The van der Waals surface area contributed by atoms with Crippen molar-refractivity contribution in [1.82, 2.24) is 4.98 Å². The van der Waals surface area contributed by atoms with E-state index in [-0.39, 0.29) is 5.54 Å². The van der Waals surface area contributed by atoms with Crippen molar-refractivity contribution in [2.45, 2.75) is 39.2 Å². The van der Waals surface area contributed by atoms with E-state index < -0.39 is 0 Å². The fourth-order valence-electron chi connectivity index (χ4n) is 2.40. The first-order valence-corrected chi connectivity index (χ1v) is 6.68. The third-order valence-electron chi connectivity index (χ3n) is 4.07. The van der Waals surface area contributed by atoms with Gasteiger partial charge in [-0.05, 0) is 36.5 Å². The second-order valence-corrected chi connectivity index (χ2v) is 5.41. The molecule has 1 unspecified atom stereocenters. The van der Waals surface area contributed by atoms with E-state index in [1.165, 1.54) is 10.9 Å². The molecular weight excluding hydrogens is 220 g/mol. The van der Waals surface area contributed by atoms with Crippen molar-refractivity contribution in [2.75, 3.05) is 0 Å². The number of hydrogen-bond donors (Lipinski definition) is 1. The van der Waals surface area contributed by atoms with Crippen molar-refractivity contribution in [3.63, 3.8) is 0 Å². The van der Waals surface area contributed by atoms with Crippen LogP contribution >= 0.6 is 0 Å². The van der Waals surface area contributed by atoms with Gasteiger partial charge in [-0.25, -0.2) is 0 Å². The summed E-state index contributed by atoms with van der Waals surface area (Å²) < 4.78 is 0. The van der Waals surface area contributed by atoms with Gasteiger partial charge in [0.25, 0.3) is 0 Å². The Morgan fingerprint density at radius 2 is 1.94 bits per heavy atom. The first-order valence-electron chi connectivity index (χ1n) is 6.68. The largest absolute Gasteiger partial charge is 0.325 e. The molecule has 2 rings (SSSR count). The zero-order valence-corrected chi connectivity index (χ0v) is 11.5. The summed E-state index contributed by atoms with van der Waals surface area (Å²) in [5.41, 5.74) is 8.77. The number of hydrogen-bond acceptors (Lipinski definition) is 2. The van der Waals surface area contributed by atoms with Gasteiger partial charge in [0.05, 0.1) is 5.52 Å². The molecule has 1 aromatic heterocycles. The highest BCUT2D eigenvalue weighted by molar-refractivity contribution is 5.81. The van der Waals surface area contributed by atoms with Crippen LogP contribution in [0.1, 0.15) is 32.8 Å². The Morgan fingerprint density at radius 1 is 1.22 bits per heavy atom. The van der Waals surface area contributed by atoms with E-state index in [2.05, 4.69) is 50.0 Å². The Hall–Kier alpha value is -1.41. The fraction of sp³-hybridized carbons (Fsp3) is 0.438. The van der Waals surface area contributed by atoms with E-state index in [4.69, 9.17) is 5.73 Å². The summed E-state index contributed by atoms with van der Waals surface area (Å²) in [4.78, 5) is 4.40. The molecule has 2 heteroatoms. The number of rotatable bonds is 4. The molecule has 0 aliphatic heterocycles. The predicted octanol–water partition coefficient (Wildman–Crippen LogP) is 3.54. The normalized spacial score (nSPS) is 14.9. The average Bonchev–Trinajstić information content (AvgIpc) is 2.39. The molecular formula is C16H22N2. The Balaban J connectivity index is 2.43. The second kappa shape index (κ2) is 5.07. The zero-order valence-electron chi connectivity index (χ0n) is 11.5. The van der Waals surface area contributed by atoms with E-state index >= 15 is 0 Å². The van der Waals surface area contributed by atoms with Crippen molar-refractivity contribution < 1.29 is 0 Å². The molecule has 18 heavy (non-hydrogen) atoms. The molecule has 1 aromatic carbocycles. The topological polar surface area (TPSA) is 38.9 Å². The van der Waals surface area contributed by atoms with Gasteiger partial charge in [0.15, 0.2) is 0 Å². The van der Waals surface area contributed by atoms with Gasteiger partial charge in [-0.1, -0.05) is 39.0 Å². The van der Waals surface area contributed by atoms with E-state index in [1.807, 2.05) is 12.3 Å². The first-order chi connectivity index (χ1) is 8.57. The number of pyridine rings is 1. The molecule has 0 radical (unpaired) electrons. The van der Waals surface area contributed by atoms with Gasteiger partial charge in [0, 0.05) is 17.1 Å². The lowest BCUT2D eigenvalue weighted by molar-refractivity contribution is 0.297. The van der Waals surface area contributed by atoms with Gasteiger partial charge < -0.3 is 5.73 Å². The van der Waals surface area contributed by atoms with E-state index in [0.29, 0.717) is 5.92 Å². The summed E-state index contributed by atoms with van der Waals surface area (Å²) in [5.74, 6) is 0.467. The van der Waals surface area contributed by atoms with E-state index in [0.717, 1.165) is 18.4 Å². The summed E-state index contributed by atoms with van der Waals surface area (Å²) in [6.45, 7) is 6.57. The van der Waals surface area contributed by atoms with Gasteiger partial charge in [-0.15, -0.1) is 0 Å². The van der Waals surface area contributed by atoms with Crippen LogP contribution in [-0.2, 0) is 6.42 Å². The lowest BCUT2D eigenvalue weighted by Crippen LogP contribution is -2.46. The number of fused-ring (bicyclic) bond motifs is 1. The fourth-order valence-corrected chi connectivity index (χ4v) is 2.40. The second-order valence-electron chi connectivity index (χ2n) is 5.41. The van der Waals surface area contributed by atoms with Crippen molar-refractivity contribution in [2.24, 2.45) is 11.7 Å². The molecule has 1 atom stereocenters. The quantitative estimate of drug-likeness (QED) is 0.890. The van der Waals surface area contributed by atoms with Crippen LogP contribution in [0.5, 0.6) is 0 Å². The molecule has 2 nitrogen and oxygen atoms in total. The van der Waals surface area contributed by atoms with Crippen LogP contribution in [0.25, 0.3) is 10.9 Å². The molecule has 0 fully saturated rings. The van der Waals surface area contributed by atoms with Crippen LogP contribution in [0.15, 0.2) is 36.5 Å². The predicted molar refractivity (Wildman–Crippen MR) is 77.5 cm³/mol. The summed E-state index contributed by atoms with van der Waals surface area (Å²) in [7, 11) is 0. The Bertz CT molecular complexity index is 528. The minimum atomic E-state index is -0.135. The van der Waals surface area contributed by atoms with Gasteiger partial charge in [0.2, 0.25) is 0 Å². The molecule has 2 aromatic rings. The summed E-state index contributed by atoms with van der Waals surface area (Å²) >= 11 is 0. The van der Waals surface area contributed by atoms with E-state index in [9.17, 15) is 0 Å². The molecule has 0 saturated carbocycles. The molecule has 2 N–H and O–H groups in total. The molecule has 0 spiro atoms. The summed E-state index contributed by atoms with van der Waals surface area (Å²) in [6, 6.07) is 10.4. The zero-order chi connectivity index (χ0) is 13.2. The van der Waals surface area contributed by atoms with Crippen molar-refractivity contribution in [3.8, 4) is 0 Å². The van der Waals surface area contributed by atoms with Crippen LogP contribution in [0.2, 0.25) is 0 Å². The highest BCUT2D eigenvalue weighted by atomic mass is 14.7. The molecule has 0 aliphatic carbocycles. The maximum atomic E-state index is 6.54. The lowest BCUT2D eigenvalue weighted by atomic mass is 9.79. The van der Waals surface area contributed by atoms with Gasteiger partial charge in [0.1, 0.15) is 0 Å². The summed E-state index contributed by atoms with van der Waals surface area (Å²) in [5, 5.41) is 1.23. The standard InChI is InChI=1S/C16H22N2/c1-4-16(17,12(2)3)11-13-9-10-18-15-8-6-5-7-14(13)15/h5-10,12H,4,11,17H2,1-3H3. The lowest BCUT2D eigenvalue weighted by Gasteiger charge is -2.33. The third kappa shape index (κ3) is 2.39. The van der Waals surface area contributed by atoms with Gasteiger partial charge in [-0.3, -0.25) is 4.98 Å². The maximum absolute atomic E-state index is 6.54. The number of aromatic nitrogens is 1. The van der Waals surface area contributed by atoms with Gasteiger partial charge >= 0.3 is 0 Å². The van der Waals surface area contributed by atoms with E-state index in [1.54, 1.807) is 0 Å². The van der Waals surface area contributed by atoms with Crippen molar-refractivity contribution in [1.29, 1.82) is 0 Å². The monoisotopic (exact) mass is 242 g/mol. The molecule has 1 heterocycles. The van der Waals surface area contributed by atoms with Crippen molar-refractivity contribution >= 4 is 10.9 Å². The number of nitrogens with zero attached hydrogens (tertiary/aromatic N) is 1. The Labute approximate surface area is 109 Å². The average molecular weight is 242 g/mol. The minimum absolute atomic E-state index is 0.135. The van der Waals surface area contributed by atoms with Crippen LogP contribution in [0.3, 0.4) is 0 Å². The summed E-state index contributed by atoms with van der Waals surface area (Å²) in [6.07, 6.45) is 3.78. The Morgan fingerprint density at radius 3 is 2.61 bits per heavy atom. The molecule has 0 saturated heterocycles. The van der Waals surface area contributed by atoms with Crippen LogP contribution in [0.4, 0.5) is 0 Å². The van der Waals surface area contributed by atoms with Crippen LogP contribution in [-0.4, -0.2) is 10.5 Å². The minimum Gasteiger partial charge on any atom is -0.325 e. The van der Waals surface area contributed by atoms with Crippen LogP contribution < -0.4 is 5.73 Å². The first kappa shape index (κ1) is 13.0. The molecule has 0 amide bonds. The number of nitrogens with two attached hydrogens (primary N) is 1. The van der Waals surface area contributed by atoms with Crippen LogP contribution in [0, 0.1) is 5.92 Å². The van der Waals surface area contributed by atoms with Gasteiger partial charge in [-0.2, -0.15) is 0 Å². The SMILES string of the molecule is CCC(N)(Cc1ccnc2ccccc12)C(C)C.